The third kappa shape index (κ3) is 5.01. The van der Waals surface area contributed by atoms with Crippen molar-refractivity contribution in [2.45, 2.75) is 0 Å². The summed E-state index contributed by atoms with van der Waals surface area (Å²) in [6.45, 7) is 6.06. The van der Waals surface area contributed by atoms with E-state index in [0.717, 1.165) is 38.3 Å². The summed E-state index contributed by atoms with van der Waals surface area (Å²) in [6, 6.07) is 9.68. The van der Waals surface area contributed by atoms with Crippen LogP contribution in [0, 0.1) is 6.42 Å². The van der Waals surface area contributed by atoms with Gasteiger partial charge in [-0.05, 0) is 12.6 Å². The van der Waals surface area contributed by atoms with Crippen LogP contribution in [0.3, 0.4) is 0 Å². The lowest BCUT2D eigenvalue weighted by Crippen LogP contribution is -2.46. The second kappa shape index (κ2) is 7.26. The van der Waals surface area contributed by atoms with Gasteiger partial charge in [0.05, 0.1) is 6.42 Å². The highest BCUT2D eigenvalue weighted by Crippen LogP contribution is 2.01. The first-order chi connectivity index (χ1) is 9.24. The zero-order valence-electron chi connectivity index (χ0n) is 11.5. The molecule has 0 unspecified atom stereocenters. The first kappa shape index (κ1) is 14.0. The summed E-state index contributed by atoms with van der Waals surface area (Å²) in [5.74, 6) is -0.0136. The minimum atomic E-state index is -0.0136. The summed E-state index contributed by atoms with van der Waals surface area (Å²) in [4.78, 5) is 16.4. The number of carbonyl (C=O) groups excluding carboxylic acids is 1. The minimum absolute atomic E-state index is 0.0136. The molecule has 19 heavy (non-hydrogen) atoms. The average molecular weight is 260 g/mol. The van der Waals surface area contributed by atoms with Crippen molar-refractivity contribution < 1.29 is 4.79 Å². The van der Waals surface area contributed by atoms with E-state index in [1.165, 1.54) is 0 Å². The van der Waals surface area contributed by atoms with Crippen LogP contribution in [0.25, 0.3) is 0 Å². The smallest absolute Gasteiger partial charge is 0.228 e. The van der Waals surface area contributed by atoms with Crippen LogP contribution in [0.2, 0.25) is 0 Å². The number of nitrogens with one attached hydrogen (secondary N) is 1. The molecule has 1 aliphatic heterocycles. The Bertz CT molecular complexity index is 386. The van der Waals surface area contributed by atoms with Gasteiger partial charge in [-0.3, -0.25) is 9.69 Å². The van der Waals surface area contributed by atoms with Crippen LogP contribution in [0.1, 0.15) is 5.56 Å². The van der Waals surface area contributed by atoms with Gasteiger partial charge in [0.15, 0.2) is 0 Å². The summed E-state index contributed by atoms with van der Waals surface area (Å²) in [5, 5.41) is 2.94. The van der Waals surface area contributed by atoms with Crippen LogP contribution >= 0.6 is 0 Å². The fraction of sp³-hybridized carbons (Fsp3) is 0.467. The zero-order valence-corrected chi connectivity index (χ0v) is 11.5. The second-order valence-electron chi connectivity index (χ2n) is 4.99. The lowest BCUT2D eigenvalue weighted by atomic mass is 10.1. The van der Waals surface area contributed by atoms with Crippen LogP contribution in [-0.4, -0.2) is 62.0 Å². The van der Waals surface area contributed by atoms with Crippen LogP contribution in [-0.2, 0) is 4.79 Å². The Morgan fingerprint density at radius 1 is 1.21 bits per heavy atom. The van der Waals surface area contributed by atoms with Gasteiger partial charge in [0.25, 0.3) is 0 Å². The molecule has 1 aromatic rings. The topological polar surface area (TPSA) is 35.6 Å². The SMILES string of the molecule is CN1CCN(CCNC(=O)[CH]c2ccccc2)CC1. The molecule has 2 rings (SSSR count). The van der Waals surface area contributed by atoms with Gasteiger partial charge in [-0.15, -0.1) is 0 Å². The normalized spacial score (nSPS) is 17.3. The standard InChI is InChI=1S/C15H22N3O/c1-17-9-11-18(12-10-17)8-7-16-15(19)13-14-5-3-2-4-6-14/h2-6,13H,7-12H2,1H3,(H,16,19). The first-order valence-electron chi connectivity index (χ1n) is 6.82. The van der Waals surface area contributed by atoms with E-state index < -0.39 is 0 Å². The molecule has 103 valence electrons. The van der Waals surface area contributed by atoms with Crippen molar-refractivity contribution in [3.8, 4) is 0 Å². The Balaban J connectivity index is 1.62. The van der Waals surface area contributed by atoms with E-state index >= 15 is 0 Å². The molecule has 1 radical (unpaired) electrons. The molecule has 0 aromatic heterocycles. The monoisotopic (exact) mass is 260 g/mol. The van der Waals surface area contributed by atoms with Crippen molar-refractivity contribution in [1.29, 1.82) is 0 Å². The molecule has 0 spiro atoms. The molecule has 0 saturated carbocycles. The van der Waals surface area contributed by atoms with E-state index in [0.29, 0.717) is 6.54 Å². The Hall–Kier alpha value is -1.39. The van der Waals surface area contributed by atoms with Crippen molar-refractivity contribution in [2.24, 2.45) is 0 Å². The molecule has 0 aliphatic carbocycles. The molecule has 0 atom stereocenters. The van der Waals surface area contributed by atoms with Crippen molar-refractivity contribution in [1.82, 2.24) is 15.1 Å². The van der Waals surface area contributed by atoms with E-state index in [4.69, 9.17) is 0 Å². The number of rotatable bonds is 5. The Morgan fingerprint density at radius 2 is 1.89 bits per heavy atom. The lowest BCUT2D eigenvalue weighted by molar-refractivity contribution is -0.117. The number of carbonyl (C=O) groups is 1. The molecule has 1 amide bonds. The number of nitrogens with zero attached hydrogens (tertiary/aromatic N) is 2. The maximum atomic E-state index is 11.7. The number of amides is 1. The molecule has 4 nitrogen and oxygen atoms in total. The first-order valence-corrected chi connectivity index (χ1v) is 6.82. The third-order valence-corrected chi connectivity index (χ3v) is 3.42. The van der Waals surface area contributed by atoms with Gasteiger partial charge in [0, 0.05) is 39.3 Å². The fourth-order valence-electron chi connectivity index (χ4n) is 2.16. The summed E-state index contributed by atoms with van der Waals surface area (Å²) in [6.07, 6.45) is 1.64. The van der Waals surface area contributed by atoms with E-state index in [1.54, 1.807) is 6.42 Å². The number of likely N-dealkylation sites (N-methyl/N-ethyl adjacent to an activating group) is 1. The van der Waals surface area contributed by atoms with E-state index in [9.17, 15) is 4.79 Å². The molecule has 1 N–H and O–H groups in total. The second-order valence-corrected chi connectivity index (χ2v) is 4.99. The lowest BCUT2D eigenvalue weighted by Gasteiger charge is -2.32. The van der Waals surface area contributed by atoms with Gasteiger partial charge >= 0.3 is 0 Å². The molecule has 1 fully saturated rings. The predicted molar refractivity (Wildman–Crippen MR) is 76.8 cm³/mol. The number of piperazine rings is 1. The molecule has 4 heteroatoms. The highest BCUT2D eigenvalue weighted by Gasteiger charge is 2.13. The Labute approximate surface area is 115 Å². The van der Waals surface area contributed by atoms with Crippen molar-refractivity contribution in [2.75, 3.05) is 46.3 Å². The van der Waals surface area contributed by atoms with Gasteiger partial charge in [-0.2, -0.15) is 0 Å². The maximum absolute atomic E-state index is 11.7. The largest absolute Gasteiger partial charge is 0.354 e. The molecule has 1 heterocycles. The van der Waals surface area contributed by atoms with Crippen molar-refractivity contribution >= 4 is 5.91 Å². The van der Waals surface area contributed by atoms with Crippen LogP contribution < -0.4 is 5.32 Å². The van der Waals surface area contributed by atoms with Crippen molar-refractivity contribution in [3.63, 3.8) is 0 Å². The average Bonchev–Trinajstić information content (AvgIpc) is 2.42. The summed E-state index contributed by atoms with van der Waals surface area (Å²) >= 11 is 0. The Morgan fingerprint density at radius 3 is 2.58 bits per heavy atom. The maximum Gasteiger partial charge on any atom is 0.228 e. The van der Waals surface area contributed by atoms with Gasteiger partial charge < -0.3 is 10.2 Å². The molecule has 1 aromatic carbocycles. The molecule has 1 aliphatic rings. The highest BCUT2D eigenvalue weighted by atomic mass is 16.1. The summed E-state index contributed by atoms with van der Waals surface area (Å²) < 4.78 is 0. The quantitative estimate of drug-likeness (QED) is 0.842. The number of hydrogen-bond donors (Lipinski definition) is 1. The number of hydrogen-bond acceptors (Lipinski definition) is 3. The van der Waals surface area contributed by atoms with Crippen LogP contribution in [0.4, 0.5) is 0 Å². The molecule has 0 bridgehead atoms. The van der Waals surface area contributed by atoms with Gasteiger partial charge in [0.1, 0.15) is 0 Å². The van der Waals surface area contributed by atoms with Crippen molar-refractivity contribution in [3.05, 3.63) is 42.3 Å². The zero-order chi connectivity index (χ0) is 13.5. The molecule has 1 saturated heterocycles. The fourth-order valence-corrected chi connectivity index (χ4v) is 2.16. The summed E-state index contributed by atoms with van der Waals surface area (Å²) in [5.41, 5.74) is 0.944. The highest BCUT2D eigenvalue weighted by molar-refractivity contribution is 5.88. The van der Waals surface area contributed by atoms with Crippen LogP contribution in [0.15, 0.2) is 30.3 Å². The third-order valence-electron chi connectivity index (χ3n) is 3.42. The van der Waals surface area contributed by atoms with Gasteiger partial charge in [-0.1, -0.05) is 30.3 Å². The van der Waals surface area contributed by atoms with E-state index in [2.05, 4.69) is 22.2 Å². The summed E-state index contributed by atoms with van der Waals surface area (Å²) in [7, 11) is 2.15. The Kier molecular flexibility index (Phi) is 5.36. The van der Waals surface area contributed by atoms with E-state index in [-0.39, 0.29) is 5.91 Å². The van der Waals surface area contributed by atoms with E-state index in [1.807, 2.05) is 30.3 Å². The minimum Gasteiger partial charge on any atom is -0.354 e. The van der Waals surface area contributed by atoms with Crippen LogP contribution in [0.5, 0.6) is 0 Å². The predicted octanol–water partition coefficient (Wildman–Crippen LogP) is 0.603. The molecular formula is C15H22N3O. The van der Waals surface area contributed by atoms with Gasteiger partial charge in [0.2, 0.25) is 5.91 Å². The van der Waals surface area contributed by atoms with Gasteiger partial charge in [-0.25, -0.2) is 0 Å². The number of benzene rings is 1. The molecular weight excluding hydrogens is 238 g/mol.